The average molecular weight is 173 g/mol. The number of rotatable bonds is 6. The minimum absolute atomic E-state index is 0.930. The molecule has 1 radical (unpaired) electrons. The van der Waals surface area contributed by atoms with Gasteiger partial charge in [-0.3, -0.25) is 0 Å². The summed E-state index contributed by atoms with van der Waals surface area (Å²) in [5, 5.41) is 0. The normalized spacial score (nSPS) is 12.0. The lowest BCUT2D eigenvalue weighted by atomic mass is 10.3. The van der Waals surface area contributed by atoms with E-state index in [1.807, 2.05) is 0 Å². The van der Waals surface area contributed by atoms with Crippen LogP contribution < -0.4 is 0 Å². The van der Waals surface area contributed by atoms with Crippen molar-refractivity contribution < 1.29 is 4.74 Å². The van der Waals surface area contributed by atoms with Crippen molar-refractivity contribution in [1.82, 2.24) is 0 Å². The third-order valence-electron chi connectivity index (χ3n) is 1.32. The van der Waals surface area contributed by atoms with Crippen molar-refractivity contribution in [1.29, 1.82) is 0 Å². The van der Waals surface area contributed by atoms with E-state index in [0.717, 1.165) is 19.3 Å². The Balaban J connectivity index is 3.02. The number of unbranched alkanes of at least 4 members (excludes halogenated alkanes) is 2. The Kier molecular flexibility index (Phi) is 5.87. The monoisotopic (exact) mass is 173 g/mol. The van der Waals surface area contributed by atoms with Gasteiger partial charge < -0.3 is 4.74 Å². The molecule has 0 heterocycles. The molecule has 11 heavy (non-hydrogen) atoms. The lowest BCUT2D eigenvalue weighted by Gasteiger charge is -2.15. The Bertz CT molecular complexity index is 86.1. The van der Waals surface area contributed by atoms with Gasteiger partial charge in [-0.15, -0.1) is 0 Å². The van der Waals surface area contributed by atoms with Gasteiger partial charge in [-0.05, 0) is 6.42 Å². The highest BCUT2D eigenvalue weighted by molar-refractivity contribution is 6.76. The fourth-order valence-electron chi connectivity index (χ4n) is 0.759. The fraction of sp³-hybridized carbons (Fsp3) is 0.889. The summed E-state index contributed by atoms with van der Waals surface area (Å²) in [7, 11) is -0.955. The topological polar surface area (TPSA) is 9.23 Å². The van der Waals surface area contributed by atoms with Crippen LogP contribution in [0.25, 0.3) is 0 Å². The van der Waals surface area contributed by atoms with E-state index in [1.165, 1.54) is 12.8 Å². The summed E-state index contributed by atoms with van der Waals surface area (Å²) in [4.78, 5) is 0. The van der Waals surface area contributed by atoms with Crippen LogP contribution >= 0.6 is 0 Å². The van der Waals surface area contributed by atoms with Crippen LogP contribution in [0.4, 0.5) is 0 Å². The van der Waals surface area contributed by atoms with Gasteiger partial charge in [-0.2, -0.15) is 0 Å². The minimum atomic E-state index is -0.955. The Morgan fingerprint density at radius 3 is 2.27 bits per heavy atom. The van der Waals surface area contributed by atoms with Crippen LogP contribution in [0.2, 0.25) is 19.6 Å². The summed E-state index contributed by atoms with van der Waals surface area (Å²) in [6.07, 6.45) is 4.42. The first-order valence-electron chi connectivity index (χ1n) is 4.43. The molecule has 0 unspecified atom stereocenters. The summed E-state index contributed by atoms with van der Waals surface area (Å²) in [6.45, 7) is 11.7. The van der Waals surface area contributed by atoms with Gasteiger partial charge >= 0.3 is 0 Å². The molecule has 0 aliphatic rings. The van der Waals surface area contributed by atoms with Crippen LogP contribution in [0.5, 0.6) is 0 Å². The van der Waals surface area contributed by atoms with E-state index >= 15 is 0 Å². The molecule has 0 amide bonds. The first kappa shape index (κ1) is 11.2. The predicted molar refractivity (Wildman–Crippen MR) is 53.4 cm³/mol. The van der Waals surface area contributed by atoms with E-state index in [4.69, 9.17) is 4.74 Å². The van der Waals surface area contributed by atoms with Gasteiger partial charge in [0, 0.05) is 12.8 Å². The molecule has 0 aromatic heterocycles. The molecule has 0 spiro atoms. The molecule has 0 atom stereocenters. The summed E-state index contributed by atoms with van der Waals surface area (Å²) < 4.78 is 5.53. The molecule has 0 aliphatic heterocycles. The molecule has 1 nitrogen and oxygen atoms in total. The van der Waals surface area contributed by atoms with Gasteiger partial charge in [-0.1, -0.05) is 39.4 Å². The fourth-order valence-corrected chi connectivity index (χ4v) is 1.52. The van der Waals surface area contributed by atoms with E-state index in [-0.39, 0.29) is 0 Å². The Morgan fingerprint density at radius 2 is 1.82 bits per heavy atom. The summed E-state index contributed by atoms with van der Waals surface area (Å²) >= 11 is 0. The van der Waals surface area contributed by atoms with Gasteiger partial charge in [-0.25, -0.2) is 0 Å². The molecule has 0 N–H and O–H groups in total. The van der Waals surface area contributed by atoms with Crippen molar-refractivity contribution in [2.75, 3.05) is 12.8 Å². The van der Waals surface area contributed by atoms with Crippen molar-refractivity contribution in [3.8, 4) is 0 Å². The van der Waals surface area contributed by atoms with Gasteiger partial charge in [0.2, 0.25) is 0 Å². The van der Waals surface area contributed by atoms with Crippen LogP contribution in [0.3, 0.4) is 0 Å². The van der Waals surface area contributed by atoms with Crippen molar-refractivity contribution in [2.45, 2.75) is 38.9 Å². The van der Waals surface area contributed by atoms with Crippen LogP contribution in [0.15, 0.2) is 0 Å². The molecule has 2 heteroatoms. The number of hydrogen-bond donors (Lipinski definition) is 0. The lowest BCUT2D eigenvalue weighted by Crippen LogP contribution is -2.28. The highest BCUT2D eigenvalue weighted by atomic mass is 28.3. The quantitative estimate of drug-likeness (QED) is 0.443. The highest BCUT2D eigenvalue weighted by Gasteiger charge is 2.12. The maximum atomic E-state index is 5.53. The van der Waals surface area contributed by atoms with E-state index in [2.05, 4.69) is 26.6 Å². The standard InChI is InChI=1S/C9H21OSi/c1-5-6-7-8-10-9-11(2,3)4/h1,5-9H2,2-4H3. The maximum absolute atomic E-state index is 5.53. The van der Waals surface area contributed by atoms with E-state index < -0.39 is 8.07 Å². The molecule has 0 aliphatic carbocycles. The predicted octanol–water partition coefficient (Wildman–Crippen LogP) is 2.88. The zero-order valence-electron chi connectivity index (χ0n) is 8.15. The van der Waals surface area contributed by atoms with Crippen molar-refractivity contribution >= 4 is 8.07 Å². The van der Waals surface area contributed by atoms with Gasteiger partial charge in [0.1, 0.15) is 0 Å². The smallest absolute Gasteiger partial charge is 0.0746 e. The number of hydrogen-bond acceptors (Lipinski definition) is 1. The second-order valence-corrected chi connectivity index (χ2v) is 9.58. The molecule has 0 fully saturated rings. The molecule has 0 bridgehead atoms. The largest absolute Gasteiger partial charge is 0.385 e. The van der Waals surface area contributed by atoms with E-state index in [9.17, 15) is 0 Å². The third-order valence-corrected chi connectivity index (χ3v) is 2.39. The maximum Gasteiger partial charge on any atom is 0.0746 e. The Labute approximate surface area is 72.2 Å². The van der Waals surface area contributed by atoms with Crippen molar-refractivity contribution in [3.05, 3.63) is 6.92 Å². The molecular formula is C9H21OSi. The zero-order chi connectivity index (χ0) is 8.74. The second-order valence-electron chi connectivity index (χ2n) is 4.17. The van der Waals surface area contributed by atoms with E-state index in [1.54, 1.807) is 0 Å². The molecule has 0 aromatic carbocycles. The first-order valence-corrected chi connectivity index (χ1v) is 8.14. The van der Waals surface area contributed by atoms with Gasteiger partial charge in [0.15, 0.2) is 0 Å². The Morgan fingerprint density at radius 1 is 1.18 bits per heavy atom. The first-order chi connectivity index (χ1) is 5.06. The van der Waals surface area contributed by atoms with Gasteiger partial charge in [0.25, 0.3) is 0 Å². The molecule has 67 valence electrons. The van der Waals surface area contributed by atoms with Crippen LogP contribution in [-0.2, 0) is 4.74 Å². The molecule has 0 saturated heterocycles. The average Bonchev–Trinajstić information content (AvgIpc) is 1.85. The molecule has 0 aromatic rings. The highest BCUT2D eigenvalue weighted by Crippen LogP contribution is 2.01. The lowest BCUT2D eigenvalue weighted by molar-refractivity contribution is 0.168. The molecular weight excluding hydrogens is 152 g/mol. The molecule has 0 rings (SSSR count). The van der Waals surface area contributed by atoms with Crippen LogP contribution in [-0.4, -0.2) is 20.9 Å². The second kappa shape index (κ2) is 5.78. The SMILES string of the molecule is [CH2]CCCCOC[Si](C)(C)C. The molecule has 0 saturated carbocycles. The zero-order valence-corrected chi connectivity index (χ0v) is 9.15. The Hall–Kier alpha value is 0.177. The van der Waals surface area contributed by atoms with E-state index in [0.29, 0.717) is 0 Å². The van der Waals surface area contributed by atoms with Gasteiger partial charge in [0.05, 0.1) is 8.07 Å². The summed E-state index contributed by atoms with van der Waals surface area (Å²) in [6, 6.07) is 0. The van der Waals surface area contributed by atoms with Crippen LogP contribution in [0, 0.1) is 6.92 Å². The third kappa shape index (κ3) is 10.2. The summed E-state index contributed by atoms with van der Waals surface area (Å²) in [5.74, 6) is 0. The minimum Gasteiger partial charge on any atom is -0.385 e. The van der Waals surface area contributed by atoms with Crippen LogP contribution in [0.1, 0.15) is 19.3 Å². The number of ether oxygens (including phenoxy) is 1. The van der Waals surface area contributed by atoms with Crippen molar-refractivity contribution in [3.63, 3.8) is 0 Å². The van der Waals surface area contributed by atoms with Crippen molar-refractivity contribution in [2.24, 2.45) is 0 Å². The summed E-state index contributed by atoms with van der Waals surface area (Å²) in [5.41, 5.74) is 0.